The molecule has 0 spiro atoms. The molecule has 0 radical (unpaired) electrons. The number of Topliss-reactive ketones (excluding diaryl/α,β-unsaturated/α-hetero) is 1. The normalized spacial score (nSPS) is 11.4. The van der Waals surface area contributed by atoms with Crippen molar-refractivity contribution in [1.82, 2.24) is 5.32 Å². The third kappa shape index (κ3) is 7.24. The van der Waals surface area contributed by atoms with Crippen molar-refractivity contribution in [1.29, 1.82) is 0 Å². The van der Waals surface area contributed by atoms with E-state index in [-0.39, 0.29) is 18.8 Å². The molecule has 1 heterocycles. The van der Waals surface area contributed by atoms with Crippen molar-refractivity contribution in [3.8, 4) is 0 Å². The minimum Gasteiger partial charge on any atom is -0.456 e. The molecular weight excluding hydrogens is 438 g/mol. The minimum absolute atomic E-state index is 0.0669. The van der Waals surface area contributed by atoms with Crippen LogP contribution in [0.15, 0.2) is 72.8 Å². The van der Waals surface area contributed by atoms with Crippen LogP contribution in [0.2, 0.25) is 4.34 Å². The van der Waals surface area contributed by atoms with E-state index < -0.39 is 24.7 Å². The van der Waals surface area contributed by atoms with Gasteiger partial charge in [0.15, 0.2) is 6.61 Å². The van der Waals surface area contributed by atoms with Crippen LogP contribution in [0, 0.1) is 0 Å². The number of hydrogen-bond acceptors (Lipinski definition) is 6. The summed E-state index contributed by atoms with van der Waals surface area (Å²) < 4.78 is 10.8. The van der Waals surface area contributed by atoms with Gasteiger partial charge in [0.25, 0.3) is 0 Å². The average Bonchev–Trinajstić information content (AvgIpc) is 3.23. The van der Waals surface area contributed by atoms with Crippen molar-refractivity contribution in [2.75, 3.05) is 6.61 Å². The van der Waals surface area contributed by atoms with Gasteiger partial charge in [0, 0.05) is 6.42 Å². The van der Waals surface area contributed by atoms with Crippen LogP contribution in [0.3, 0.4) is 0 Å². The van der Waals surface area contributed by atoms with Crippen LogP contribution >= 0.6 is 22.9 Å². The SMILES string of the molecule is O=C(NC(Cc1ccccc1)C(=O)OCC(=O)c1ccc(Cl)s1)OCc1ccccc1. The highest BCUT2D eigenvalue weighted by atomic mass is 35.5. The molecule has 6 nitrogen and oxygen atoms in total. The van der Waals surface area contributed by atoms with Crippen LogP contribution in [0.4, 0.5) is 4.79 Å². The summed E-state index contributed by atoms with van der Waals surface area (Å²) in [5, 5.41) is 2.54. The van der Waals surface area contributed by atoms with Gasteiger partial charge in [0.05, 0.1) is 9.21 Å². The molecule has 1 N–H and O–H groups in total. The highest BCUT2D eigenvalue weighted by molar-refractivity contribution is 7.18. The number of esters is 1. The fourth-order valence-electron chi connectivity index (χ4n) is 2.72. The van der Waals surface area contributed by atoms with Gasteiger partial charge in [-0.05, 0) is 23.3 Å². The van der Waals surface area contributed by atoms with Crippen molar-refractivity contribution >= 4 is 40.8 Å². The van der Waals surface area contributed by atoms with E-state index in [9.17, 15) is 14.4 Å². The lowest BCUT2D eigenvalue weighted by atomic mass is 10.1. The number of hydrogen-bond donors (Lipinski definition) is 1. The second-order valence-corrected chi connectivity index (χ2v) is 8.30. The topological polar surface area (TPSA) is 81.7 Å². The van der Waals surface area contributed by atoms with E-state index in [0.29, 0.717) is 9.21 Å². The standard InChI is InChI=1S/C23H20ClNO5S/c24-21-12-11-20(31-21)19(26)15-29-22(27)18(13-16-7-3-1-4-8-16)25-23(28)30-14-17-9-5-2-6-10-17/h1-12,18H,13-15H2,(H,25,28). The molecule has 1 aromatic heterocycles. The quantitative estimate of drug-likeness (QED) is 0.373. The van der Waals surface area contributed by atoms with Crippen LogP contribution in [-0.2, 0) is 27.3 Å². The number of carbonyl (C=O) groups is 3. The Morgan fingerprint density at radius 3 is 2.13 bits per heavy atom. The number of amides is 1. The Morgan fingerprint density at radius 2 is 1.52 bits per heavy atom. The zero-order valence-corrected chi connectivity index (χ0v) is 18.0. The number of rotatable bonds is 9. The minimum atomic E-state index is -1.01. The van der Waals surface area contributed by atoms with Gasteiger partial charge in [0.2, 0.25) is 5.78 Å². The predicted octanol–water partition coefficient (Wildman–Crippen LogP) is 4.67. The van der Waals surface area contributed by atoms with E-state index in [4.69, 9.17) is 21.1 Å². The van der Waals surface area contributed by atoms with Crippen molar-refractivity contribution in [2.45, 2.75) is 19.1 Å². The molecule has 0 aliphatic heterocycles. The molecule has 31 heavy (non-hydrogen) atoms. The smallest absolute Gasteiger partial charge is 0.408 e. The average molecular weight is 458 g/mol. The first-order valence-corrected chi connectivity index (χ1v) is 10.7. The van der Waals surface area contributed by atoms with Gasteiger partial charge in [-0.3, -0.25) is 4.79 Å². The zero-order chi connectivity index (χ0) is 22.1. The van der Waals surface area contributed by atoms with E-state index in [1.165, 1.54) is 0 Å². The van der Waals surface area contributed by atoms with E-state index in [1.54, 1.807) is 12.1 Å². The molecule has 1 atom stereocenters. The number of nitrogens with one attached hydrogen (secondary N) is 1. The zero-order valence-electron chi connectivity index (χ0n) is 16.5. The first kappa shape index (κ1) is 22.5. The van der Waals surface area contributed by atoms with E-state index in [0.717, 1.165) is 22.5 Å². The number of halogens is 1. The number of benzene rings is 2. The number of ketones is 1. The van der Waals surface area contributed by atoms with Gasteiger partial charge in [-0.2, -0.15) is 0 Å². The van der Waals surface area contributed by atoms with Gasteiger partial charge in [0.1, 0.15) is 12.6 Å². The van der Waals surface area contributed by atoms with Gasteiger partial charge >= 0.3 is 12.1 Å². The van der Waals surface area contributed by atoms with Gasteiger partial charge in [-0.1, -0.05) is 72.3 Å². The monoisotopic (exact) mass is 457 g/mol. The van der Waals surface area contributed by atoms with E-state index in [2.05, 4.69) is 5.32 Å². The summed E-state index contributed by atoms with van der Waals surface area (Å²) in [6.45, 7) is -0.376. The number of ether oxygens (including phenoxy) is 2. The van der Waals surface area contributed by atoms with E-state index in [1.807, 2.05) is 60.7 Å². The Balaban J connectivity index is 1.60. The number of thiophene rings is 1. The maximum Gasteiger partial charge on any atom is 0.408 e. The second kappa shape index (κ2) is 11.3. The third-order valence-corrected chi connectivity index (χ3v) is 5.54. The number of alkyl carbamates (subject to hydrolysis) is 1. The van der Waals surface area contributed by atoms with Gasteiger partial charge < -0.3 is 14.8 Å². The molecule has 0 aliphatic rings. The Kier molecular flexibility index (Phi) is 8.20. The Bertz CT molecular complexity index is 1020. The van der Waals surface area contributed by atoms with Crippen molar-refractivity contribution in [3.63, 3.8) is 0 Å². The van der Waals surface area contributed by atoms with Crippen molar-refractivity contribution < 1.29 is 23.9 Å². The molecule has 1 unspecified atom stereocenters. The highest BCUT2D eigenvalue weighted by Crippen LogP contribution is 2.21. The fourth-order valence-corrected chi connectivity index (χ4v) is 3.69. The summed E-state index contributed by atoms with van der Waals surface area (Å²) in [5.41, 5.74) is 1.64. The molecule has 3 aromatic rings. The highest BCUT2D eigenvalue weighted by Gasteiger charge is 2.25. The van der Waals surface area contributed by atoms with Crippen molar-refractivity contribution in [3.05, 3.63) is 93.1 Å². The molecule has 160 valence electrons. The van der Waals surface area contributed by atoms with Crippen molar-refractivity contribution in [2.24, 2.45) is 0 Å². The second-order valence-electron chi connectivity index (χ2n) is 6.58. The van der Waals surface area contributed by atoms with Crippen LogP contribution in [0.1, 0.15) is 20.8 Å². The van der Waals surface area contributed by atoms with Gasteiger partial charge in [-0.15, -0.1) is 11.3 Å². The molecule has 1 amide bonds. The summed E-state index contributed by atoms with van der Waals surface area (Å²) in [7, 11) is 0. The molecule has 2 aromatic carbocycles. The number of carbonyl (C=O) groups excluding carboxylic acids is 3. The molecular formula is C23H20ClNO5S. The first-order chi connectivity index (χ1) is 15.0. The Labute approximate surface area is 188 Å². The largest absolute Gasteiger partial charge is 0.456 e. The van der Waals surface area contributed by atoms with Crippen LogP contribution in [0.25, 0.3) is 0 Å². The summed E-state index contributed by atoms with van der Waals surface area (Å²) in [4.78, 5) is 37.5. The lowest BCUT2D eigenvalue weighted by molar-refractivity contribution is -0.144. The fraction of sp³-hybridized carbons (Fsp3) is 0.174. The summed E-state index contributed by atoms with van der Waals surface area (Å²) in [5.74, 6) is -1.09. The predicted molar refractivity (Wildman–Crippen MR) is 118 cm³/mol. The maximum atomic E-state index is 12.6. The molecule has 8 heteroatoms. The summed E-state index contributed by atoms with van der Waals surface area (Å²) in [6, 6.07) is 20.5. The maximum absolute atomic E-state index is 12.6. The summed E-state index contributed by atoms with van der Waals surface area (Å²) >= 11 is 6.94. The lowest BCUT2D eigenvalue weighted by Crippen LogP contribution is -2.44. The van der Waals surface area contributed by atoms with E-state index >= 15 is 0 Å². The van der Waals surface area contributed by atoms with Gasteiger partial charge in [-0.25, -0.2) is 9.59 Å². The summed E-state index contributed by atoms with van der Waals surface area (Å²) in [6.07, 6.45) is -0.558. The van der Waals surface area contributed by atoms with Crippen LogP contribution < -0.4 is 5.32 Å². The molecule has 0 fully saturated rings. The van der Waals surface area contributed by atoms with Crippen LogP contribution in [-0.4, -0.2) is 30.5 Å². The van der Waals surface area contributed by atoms with Crippen LogP contribution in [0.5, 0.6) is 0 Å². The molecule has 3 rings (SSSR count). The Hall–Kier alpha value is -3.16. The molecule has 0 aliphatic carbocycles. The molecule has 0 bridgehead atoms. The molecule has 0 saturated carbocycles. The first-order valence-electron chi connectivity index (χ1n) is 9.47. The molecule has 0 saturated heterocycles. The Morgan fingerprint density at radius 1 is 0.871 bits per heavy atom. The lowest BCUT2D eigenvalue weighted by Gasteiger charge is -2.17. The third-order valence-electron chi connectivity index (χ3n) is 4.27.